The number of aryl methyl sites for hydroxylation is 1. The Morgan fingerprint density at radius 3 is 2.17 bits per heavy atom. The van der Waals surface area contributed by atoms with Crippen molar-refractivity contribution in [3.8, 4) is 33.8 Å². The largest absolute Gasteiger partial charge is 0.265 e. The SMILES string of the molecule is Cc1cc(-c2ccncc2)nc(-c2ccc(-c3cccc4ccccc34)cc2)n1. The van der Waals surface area contributed by atoms with Gasteiger partial charge in [0, 0.05) is 29.2 Å². The van der Waals surface area contributed by atoms with Crippen LogP contribution in [0.15, 0.2) is 97.3 Å². The van der Waals surface area contributed by atoms with E-state index >= 15 is 0 Å². The van der Waals surface area contributed by atoms with Crippen LogP contribution >= 0.6 is 0 Å². The number of hydrogen-bond acceptors (Lipinski definition) is 3. The first-order valence-electron chi connectivity index (χ1n) is 9.62. The maximum Gasteiger partial charge on any atom is 0.160 e. The van der Waals surface area contributed by atoms with Crippen molar-refractivity contribution in [1.29, 1.82) is 0 Å². The fraction of sp³-hybridized carbons (Fsp3) is 0.0385. The number of benzene rings is 3. The Hall–Kier alpha value is -3.85. The van der Waals surface area contributed by atoms with E-state index in [9.17, 15) is 0 Å². The Bertz CT molecular complexity index is 1290. The van der Waals surface area contributed by atoms with Crippen molar-refractivity contribution in [3.05, 3.63) is 103 Å². The summed E-state index contributed by atoms with van der Waals surface area (Å²) >= 11 is 0. The zero-order valence-electron chi connectivity index (χ0n) is 16.1. The van der Waals surface area contributed by atoms with Crippen LogP contribution in [0, 0.1) is 6.92 Å². The van der Waals surface area contributed by atoms with E-state index in [2.05, 4.69) is 76.7 Å². The van der Waals surface area contributed by atoms with Crippen LogP contribution in [0.3, 0.4) is 0 Å². The van der Waals surface area contributed by atoms with Gasteiger partial charge in [0.25, 0.3) is 0 Å². The third-order valence-corrected chi connectivity index (χ3v) is 5.07. The van der Waals surface area contributed by atoms with E-state index in [4.69, 9.17) is 4.98 Å². The lowest BCUT2D eigenvalue weighted by molar-refractivity contribution is 1.11. The molecule has 0 aliphatic heterocycles. The van der Waals surface area contributed by atoms with E-state index in [1.807, 2.05) is 25.1 Å². The molecule has 0 N–H and O–H groups in total. The van der Waals surface area contributed by atoms with Gasteiger partial charge in [0.2, 0.25) is 0 Å². The molecule has 138 valence electrons. The Labute approximate surface area is 169 Å². The highest BCUT2D eigenvalue weighted by Crippen LogP contribution is 2.30. The van der Waals surface area contributed by atoms with Crippen LogP contribution in [0.2, 0.25) is 0 Å². The van der Waals surface area contributed by atoms with Gasteiger partial charge in [-0.25, -0.2) is 9.97 Å². The molecule has 0 radical (unpaired) electrons. The summed E-state index contributed by atoms with van der Waals surface area (Å²) in [4.78, 5) is 13.5. The second-order valence-electron chi connectivity index (χ2n) is 7.06. The van der Waals surface area contributed by atoms with Crippen molar-refractivity contribution >= 4 is 10.8 Å². The second kappa shape index (κ2) is 7.28. The number of fused-ring (bicyclic) bond motifs is 1. The molecular formula is C26H19N3. The lowest BCUT2D eigenvalue weighted by Gasteiger charge is -2.09. The minimum Gasteiger partial charge on any atom is -0.265 e. The highest BCUT2D eigenvalue weighted by Gasteiger charge is 2.08. The van der Waals surface area contributed by atoms with Gasteiger partial charge in [0.15, 0.2) is 5.82 Å². The summed E-state index contributed by atoms with van der Waals surface area (Å²) in [7, 11) is 0. The van der Waals surface area contributed by atoms with Crippen molar-refractivity contribution in [2.24, 2.45) is 0 Å². The predicted molar refractivity (Wildman–Crippen MR) is 118 cm³/mol. The van der Waals surface area contributed by atoms with Gasteiger partial charge in [-0.1, -0.05) is 66.7 Å². The van der Waals surface area contributed by atoms with Gasteiger partial charge in [0.1, 0.15) is 0 Å². The quantitative estimate of drug-likeness (QED) is 0.371. The smallest absolute Gasteiger partial charge is 0.160 e. The lowest BCUT2D eigenvalue weighted by Crippen LogP contribution is -1.95. The van der Waals surface area contributed by atoms with Crippen molar-refractivity contribution in [1.82, 2.24) is 15.0 Å². The summed E-state index contributed by atoms with van der Waals surface area (Å²) in [5.74, 6) is 0.737. The number of rotatable bonds is 3. The summed E-state index contributed by atoms with van der Waals surface area (Å²) in [5.41, 5.74) is 6.32. The van der Waals surface area contributed by atoms with Gasteiger partial charge < -0.3 is 0 Å². The molecule has 0 atom stereocenters. The maximum absolute atomic E-state index is 4.79. The van der Waals surface area contributed by atoms with Crippen LogP contribution in [0.4, 0.5) is 0 Å². The predicted octanol–water partition coefficient (Wildman–Crippen LogP) is 6.33. The van der Waals surface area contributed by atoms with Crippen molar-refractivity contribution in [2.75, 3.05) is 0 Å². The van der Waals surface area contributed by atoms with Gasteiger partial charge in [0.05, 0.1) is 5.69 Å². The van der Waals surface area contributed by atoms with Gasteiger partial charge in [-0.15, -0.1) is 0 Å². The highest BCUT2D eigenvalue weighted by atomic mass is 14.9. The summed E-state index contributed by atoms with van der Waals surface area (Å²) in [6.07, 6.45) is 3.57. The molecule has 0 amide bonds. The Morgan fingerprint density at radius 2 is 1.34 bits per heavy atom. The zero-order chi connectivity index (χ0) is 19.6. The van der Waals surface area contributed by atoms with E-state index in [1.54, 1.807) is 12.4 Å². The van der Waals surface area contributed by atoms with E-state index in [0.29, 0.717) is 0 Å². The van der Waals surface area contributed by atoms with Crippen LogP contribution < -0.4 is 0 Å². The monoisotopic (exact) mass is 373 g/mol. The van der Waals surface area contributed by atoms with Crippen LogP contribution in [0.1, 0.15) is 5.69 Å². The Morgan fingerprint density at radius 1 is 0.621 bits per heavy atom. The molecular weight excluding hydrogens is 354 g/mol. The van der Waals surface area contributed by atoms with Crippen LogP contribution in [0.5, 0.6) is 0 Å². The number of aromatic nitrogens is 3. The molecule has 2 aromatic heterocycles. The van der Waals surface area contributed by atoms with Gasteiger partial charge in [-0.2, -0.15) is 0 Å². The molecule has 3 heteroatoms. The fourth-order valence-corrected chi connectivity index (χ4v) is 3.64. The summed E-state index contributed by atoms with van der Waals surface area (Å²) in [6.45, 7) is 2.00. The molecule has 0 aliphatic carbocycles. The number of hydrogen-bond donors (Lipinski definition) is 0. The lowest BCUT2D eigenvalue weighted by atomic mass is 9.97. The van der Waals surface area contributed by atoms with E-state index in [-0.39, 0.29) is 0 Å². The minimum atomic E-state index is 0.737. The van der Waals surface area contributed by atoms with Crippen LogP contribution in [-0.2, 0) is 0 Å². The fourth-order valence-electron chi connectivity index (χ4n) is 3.64. The van der Waals surface area contributed by atoms with Crippen molar-refractivity contribution in [3.63, 3.8) is 0 Å². The van der Waals surface area contributed by atoms with Gasteiger partial charge in [-0.05, 0) is 47.0 Å². The first kappa shape index (κ1) is 17.3. The highest BCUT2D eigenvalue weighted by molar-refractivity contribution is 5.96. The second-order valence-corrected chi connectivity index (χ2v) is 7.06. The minimum absolute atomic E-state index is 0.737. The van der Waals surface area contributed by atoms with Gasteiger partial charge >= 0.3 is 0 Å². The average Bonchev–Trinajstić information content (AvgIpc) is 2.79. The average molecular weight is 373 g/mol. The summed E-state index contributed by atoms with van der Waals surface area (Å²) < 4.78 is 0. The molecule has 5 aromatic rings. The Kier molecular flexibility index (Phi) is 4.34. The molecule has 0 saturated heterocycles. The Balaban J connectivity index is 1.55. The number of nitrogens with zero attached hydrogens (tertiary/aromatic N) is 3. The van der Waals surface area contributed by atoms with Crippen LogP contribution in [0.25, 0.3) is 44.5 Å². The third-order valence-electron chi connectivity index (χ3n) is 5.07. The van der Waals surface area contributed by atoms with E-state index < -0.39 is 0 Å². The molecule has 0 aliphatic rings. The summed E-state index contributed by atoms with van der Waals surface area (Å²) in [5, 5.41) is 2.51. The van der Waals surface area contributed by atoms with Crippen molar-refractivity contribution in [2.45, 2.75) is 6.92 Å². The molecule has 3 nitrogen and oxygen atoms in total. The molecule has 0 bridgehead atoms. The first-order valence-corrected chi connectivity index (χ1v) is 9.62. The topological polar surface area (TPSA) is 38.7 Å². The molecule has 0 spiro atoms. The molecule has 3 aromatic carbocycles. The van der Waals surface area contributed by atoms with E-state index in [0.717, 1.165) is 28.3 Å². The summed E-state index contributed by atoms with van der Waals surface area (Å²) in [6, 6.07) is 29.3. The zero-order valence-corrected chi connectivity index (χ0v) is 16.1. The molecule has 2 heterocycles. The normalized spacial score (nSPS) is 10.9. The van der Waals surface area contributed by atoms with Crippen molar-refractivity contribution < 1.29 is 0 Å². The van der Waals surface area contributed by atoms with Crippen LogP contribution in [-0.4, -0.2) is 15.0 Å². The molecule has 29 heavy (non-hydrogen) atoms. The standard InChI is InChI=1S/C26H19N3/c1-18-17-25(21-13-15-27-16-14-21)29-26(28-18)22-11-9-20(10-12-22)24-8-4-6-19-5-2-3-7-23(19)24/h2-17H,1H3. The molecule has 0 unspecified atom stereocenters. The maximum atomic E-state index is 4.79. The third kappa shape index (κ3) is 3.39. The number of pyridine rings is 1. The van der Waals surface area contributed by atoms with E-state index in [1.165, 1.54) is 21.9 Å². The molecule has 0 fully saturated rings. The first-order chi connectivity index (χ1) is 14.3. The van der Waals surface area contributed by atoms with Gasteiger partial charge in [-0.3, -0.25) is 4.98 Å². The molecule has 0 saturated carbocycles. The molecule has 5 rings (SSSR count).